The normalized spacial score (nSPS) is 10.6. The van der Waals surface area contributed by atoms with Crippen LogP contribution < -0.4 is 0 Å². The predicted molar refractivity (Wildman–Crippen MR) is 89.3 cm³/mol. The quantitative estimate of drug-likeness (QED) is 0.462. The van der Waals surface area contributed by atoms with E-state index in [1.54, 1.807) is 0 Å². The first-order valence-corrected chi connectivity index (χ1v) is 10.4. The Morgan fingerprint density at radius 2 is 0.889 bits per heavy atom. The first kappa shape index (κ1) is 14.3. The van der Waals surface area contributed by atoms with Crippen molar-refractivity contribution in [3.05, 3.63) is 59.7 Å². The maximum atomic E-state index is 2.17. The van der Waals surface area contributed by atoms with Crippen molar-refractivity contribution in [2.24, 2.45) is 0 Å². The van der Waals surface area contributed by atoms with Gasteiger partial charge in [-0.15, -0.1) is 0 Å². The van der Waals surface area contributed by atoms with Crippen LogP contribution in [0.25, 0.3) is 0 Å². The van der Waals surface area contributed by atoms with Crippen molar-refractivity contribution in [3.8, 4) is 0 Å². The Hall–Kier alpha value is -0.160. The molecule has 0 N–H and O–H groups in total. The maximum absolute atomic E-state index is 2.17. The highest BCUT2D eigenvalue weighted by molar-refractivity contribution is 9.26. The van der Waals surface area contributed by atoms with E-state index in [2.05, 4.69) is 62.4 Å². The van der Waals surface area contributed by atoms with Crippen LogP contribution in [0, 0.1) is 13.8 Å². The minimum absolute atomic E-state index is 1.31. The maximum Gasteiger partial charge on any atom is 0.0191 e. The molecule has 0 saturated carbocycles. The number of hydrogen-bond acceptors (Lipinski definition) is 4. The zero-order valence-corrected chi connectivity index (χ0v) is 13.5. The van der Waals surface area contributed by atoms with Crippen molar-refractivity contribution in [2.45, 2.75) is 23.6 Å². The van der Waals surface area contributed by atoms with Crippen LogP contribution in [0.15, 0.2) is 58.3 Å². The van der Waals surface area contributed by atoms with Crippen LogP contribution in [-0.2, 0) is 0 Å². The summed E-state index contributed by atoms with van der Waals surface area (Å²) in [6, 6.07) is 17.3. The Morgan fingerprint density at radius 3 is 1.22 bits per heavy atom. The van der Waals surface area contributed by atoms with Crippen LogP contribution >= 0.6 is 41.2 Å². The summed E-state index contributed by atoms with van der Waals surface area (Å²) < 4.78 is 0. The molecule has 0 aliphatic rings. The molecule has 0 aromatic heterocycles. The van der Waals surface area contributed by atoms with E-state index in [1.807, 2.05) is 41.2 Å². The van der Waals surface area contributed by atoms with Crippen molar-refractivity contribution in [1.82, 2.24) is 0 Å². The molecule has 0 spiro atoms. The standard InChI is InChI=1S/C14H14S4/c1-11-3-7-13(8-4-11)15-17-18-16-14-9-5-12(2)6-10-14/h3-10H,1-2H3. The van der Waals surface area contributed by atoms with Crippen molar-refractivity contribution >= 4 is 41.2 Å². The van der Waals surface area contributed by atoms with Crippen LogP contribution in [0.4, 0.5) is 0 Å². The van der Waals surface area contributed by atoms with Gasteiger partial charge >= 0.3 is 0 Å². The highest BCUT2D eigenvalue weighted by Gasteiger charge is 1.98. The minimum atomic E-state index is 1.31. The molecule has 0 nitrogen and oxygen atoms in total. The van der Waals surface area contributed by atoms with Gasteiger partial charge in [0.25, 0.3) is 0 Å². The highest BCUT2D eigenvalue weighted by Crippen LogP contribution is 2.49. The third-order valence-electron chi connectivity index (χ3n) is 2.33. The Kier molecular flexibility index (Phi) is 5.89. The van der Waals surface area contributed by atoms with Gasteiger partial charge in [-0.2, -0.15) is 0 Å². The van der Waals surface area contributed by atoms with Crippen molar-refractivity contribution in [1.29, 1.82) is 0 Å². The summed E-state index contributed by atoms with van der Waals surface area (Å²) in [6.07, 6.45) is 0. The molecule has 2 aromatic rings. The lowest BCUT2D eigenvalue weighted by molar-refractivity contribution is 1.38. The molecule has 4 heteroatoms. The van der Waals surface area contributed by atoms with E-state index < -0.39 is 0 Å². The molecule has 0 amide bonds. The molecule has 94 valence electrons. The van der Waals surface area contributed by atoms with Crippen LogP contribution in [-0.4, -0.2) is 0 Å². The Balaban J connectivity index is 1.73. The van der Waals surface area contributed by atoms with E-state index in [9.17, 15) is 0 Å². The average molecular weight is 311 g/mol. The molecule has 0 aliphatic heterocycles. The molecule has 0 atom stereocenters. The SMILES string of the molecule is Cc1ccc(SSSSc2ccc(C)cc2)cc1. The van der Waals surface area contributed by atoms with Crippen molar-refractivity contribution < 1.29 is 0 Å². The van der Waals surface area contributed by atoms with Gasteiger partial charge in [0.2, 0.25) is 0 Å². The second kappa shape index (κ2) is 7.43. The first-order valence-electron chi connectivity index (χ1n) is 5.55. The lowest BCUT2D eigenvalue weighted by atomic mass is 10.2. The molecule has 0 bridgehead atoms. The third kappa shape index (κ3) is 4.84. The van der Waals surface area contributed by atoms with Gasteiger partial charge < -0.3 is 0 Å². The van der Waals surface area contributed by atoms with Gasteiger partial charge in [0.1, 0.15) is 0 Å². The molecule has 0 unspecified atom stereocenters. The summed E-state index contributed by atoms with van der Waals surface area (Å²) in [5.41, 5.74) is 2.62. The molecule has 2 aromatic carbocycles. The van der Waals surface area contributed by atoms with E-state index in [1.165, 1.54) is 20.9 Å². The monoisotopic (exact) mass is 310 g/mol. The molecule has 0 heterocycles. The molecule has 0 radical (unpaired) electrons. The van der Waals surface area contributed by atoms with Crippen LogP contribution in [0.2, 0.25) is 0 Å². The van der Waals surface area contributed by atoms with Gasteiger partial charge in [0, 0.05) is 9.79 Å². The van der Waals surface area contributed by atoms with Crippen LogP contribution in [0.5, 0.6) is 0 Å². The van der Waals surface area contributed by atoms with Gasteiger partial charge in [-0.05, 0) is 79.4 Å². The molecule has 18 heavy (non-hydrogen) atoms. The zero-order valence-electron chi connectivity index (χ0n) is 10.3. The third-order valence-corrected chi connectivity index (χ3v) is 8.41. The molecule has 0 aliphatic carbocycles. The Morgan fingerprint density at radius 1 is 0.556 bits per heavy atom. The van der Waals surface area contributed by atoms with E-state index in [0.717, 1.165) is 0 Å². The van der Waals surface area contributed by atoms with Crippen molar-refractivity contribution in [3.63, 3.8) is 0 Å². The molecular formula is C14H14S4. The van der Waals surface area contributed by atoms with E-state index >= 15 is 0 Å². The first-order chi connectivity index (χ1) is 8.74. The average Bonchev–Trinajstić information content (AvgIpc) is 2.39. The lowest BCUT2D eigenvalue weighted by Gasteiger charge is -2.01. The number of rotatable bonds is 5. The fraction of sp³-hybridized carbons (Fsp3) is 0.143. The molecule has 0 saturated heterocycles. The number of hydrogen-bond donors (Lipinski definition) is 0. The van der Waals surface area contributed by atoms with Crippen LogP contribution in [0.3, 0.4) is 0 Å². The van der Waals surface area contributed by atoms with E-state index in [0.29, 0.717) is 0 Å². The largest absolute Gasteiger partial charge is 0.0582 e. The summed E-state index contributed by atoms with van der Waals surface area (Å²) in [5.74, 6) is 0. The number of benzene rings is 2. The second-order valence-corrected chi connectivity index (χ2v) is 9.74. The number of aryl methyl sites for hydroxylation is 2. The summed E-state index contributed by atoms with van der Waals surface area (Å²) in [5, 5.41) is 0. The smallest absolute Gasteiger partial charge is 0.0191 e. The Labute approximate surface area is 124 Å². The van der Waals surface area contributed by atoms with Gasteiger partial charge in [-0.1, -0.05) is 35.4 Å². The highest BCUT2D eigenvalue weighted by atomic mass is 33.7. The summed E-state index contributed by atoms with van der Waals surface area (Å²) in [7, 11) is 7.24. The zero-order chi connectivity index (χ0) is 12.8. The van der Waals surface area contributed by atoms with Gasteiger partial charge in [0.05, 0.1) is 0 Å². The molecular weight excluding hydrogens is 296 g/mol. The van der Waals surface area contributed by atoms with Crippen LogP contribution in [0.1, 0.15) is 11.1 Å². The van der Waals surface area contributed by atoms with Gasteiger partial charge in [0.15, 0.2) is 0 Å². The minimum Gasteiger partial charge on any atom is -0.0582 e. The topological polar surface area (TPSA) is 0 Å². The second-order valence-electron chi connectivity index (χ2n) is 3.93. The van der Waals surface area contributed by atoms with Crippen molar-refractivity contribution in [2.75, 3.05) is 0 Å². The lowest BCUT2D eigenvalue weighted by Crippen LogP contribution is -1.70. The summed E-state index contributed by atoms with van der Waals surface area (Å²) in [6.45, 7) is 4.23. The fourth-order valence-electron chi connectivity index (χ4n) is 1.29. The van der Waals surface area contributed by atoms with Gasteiger partial charge in [-0.3, -0.25) is 0 Å². The molecule has 0 fully saturated rings. The van der Waals surface area contributed by atoms with Gasteiger partial charge in [-0.25, -0.2) is 0 Å². The Bertz CT molecular complexity index is 429. The van der Waals surface area contributed by atoms with E-state index in [-0.39, 0.29) is 0 Å². The summed E-state index contributed by atoms with van der Waals surface area (Å²) in [4.78, 5) is 2.62. The summed E-state index contributed by atoms with van der Waals surface area (Å²) >= 11 is 0. The fourth-order valence-corrected chi connectivity index (χ4v) is 6.72. The molecule has 2 rings (SSSR count). The predicted octanol–water partition coefficient (Wildman–Crippen LogP) is 6.40. The van der Waals surface area contributed by atoms with E-state index in [4.69, 9.17) is 0 Å².